The third-order valence-corrected chi connectivity index (χ3v) is 4.73. The molecular formula is C22H28FIN4O3. The molecule has 0 atom stereocenters. The summed E-state index contributed by atoms with van der Waals surface area (Å²) in [4.78, 5) is 20.2. The molecule has 0 fully saturated rings. The number of hydrogen-bond donors (Lipinski definition) is 1. The Morgan fingerprint density at radius 3 is 2.74 bits per heavy atom. The summed E-state index contributed by atoms with van der Waals surface area (Å²) in [6.45, 7) is 2.40. The van der Waals surface area contributed by atoms with Gasteiger partial charge in [-0.25, -0.2) is 4.39 Å². The average molecular weight is 542 g/mol. The van der Waals surface area contributed by atoms with Crippen LogP contribution in [0, 0.1) is 5.82 Å². The van der Waals surface area contributed by atoms with E-state index in [1.807, 2.05) is 36.2 Å². The van der Waals surface area contributed by atoms with Crippen molar-refractivity contribution >= 4 is 41.5 Å². The topological polar surface area (TPSA) is 66.4 Å². The van der Waals surface area contributed by atoms with Crippen molar-refractivity contribution in [2.75, 3.05) is 51.8 Å². The molecule has 168 valence electrons. The van der Waals surface area contributed by atoms with Crippen molar-refractivity contribution in [2.24, 2.45) is 4.99 Å². The number of ether oxygens (including phenoxy) is 2. The van der Waals surface area contributed by atoms with E-state index in [-0.39, 0.29) is 42.3 Å². The number of carbonyl (C=O) groups excluding carboxylic acids is 1. The highest BCUT2D eigenvalue weighted by Gasteiger charge is 2.24. The lowest BCUT2D eigenvalue weighted by atomic mass is 10.2. The number of fused-ring (bicyclic) bond motifs is 1. The fraction of sp³-hybridized carbons (Fsp3) is 0.364. The second-order valence-electron chi connectivity index (χ2n) is 6.85. The molecular weight excluding hydrogens is 514 g/mol. The van der Waals surface area contributed by atoms with Gasteiger partial charge in [-0.15, -0.1) is 24.0 Å². The number of rotatable bonds is 8. The zero-order valence-corrected chi connectivity index (χ0v) is 20.0. The first-order chi connectivity index (χ1) is 14.6. The van der Waals surface area contributed by atoms with E-state index in [2.05, 4.69) is 10.3 Å². The molecule has 0 saturated carbocycles. The fourth-order valence-corrected chi connectivity index (χ4v) is 3.16. The van der Waals surface area contributed by atoms with Crippen molar-refractivity contribution in [1.29, 1.82) is 0 Å². The smallest absolute Gasteiger partial charge is 0.265 e. The summed E-state index contributed by atoms with van der Waals surface area (Å²) >= 11 is 0. The molecule has 0 aliphatic carbocycles. The van der Waals surface area contributed by atoms with Gasteiger partial charge >= 0.3 is 0 Å². The molecule has 1 heterocycles. The molecule has 31 heavy (non-hydrogen) atoms. The van der Waals surface area contributed by atoms with Crippen molar-refractivity contribution in [2.45, 2.75) is 6.42 Å². The molecule has 0 spiro atoms. The van der Waals surface area contributed by atoms with E-state index in [4.69, 9.17) is 9.47 Å². The molecule has 0 bridgehead atoms. The highest BCUT2D eigenvalue weighted by atomic mass is 127. The quantitative estimate of drug-likeness (QED) is 0.241. The van der Waals surface area contributed by atoms with Crippen LogP contribution >= 0.6 is 24.0 Å². The number of hydrogen-bond acceptors (Lipinski definition) is 4. The number of carbonyl (C=O) groups is 1. The Morgan fingerprint density at radius 1 is 1.26 bits per heavy atom. The zero-order chi connectivity index (χ0) is 21.3. The fourth-order valence-electron chi connectivity index (χ4n) is 3.16. The molecule has 2 aromatic carbocycles. The summed E-state index contributed by atoms with van der Waals surface area (Å²) in [7, 11) is 3.65. The van der Waals surface area contributed by atoms with Crippen LogP contribution in [0.15, 0.2) is 53.5 Å². The lowest BCUT2D eigenvalue weighted by Gasteiger charge is -2.29. The van der Waals surface area contributed by atoms with E-state index in [0.29, 0.717) is 32.0 Å². The van der Waals surface area contributed by atoms with Crippen molar-refractivity contribution < 1.29 is 18.7 Å². The third kappa shape index (κ3) is 6.98. The van der Waals surface area contributed by atoms with Gasteiger partial charge in [0.2, 0.25) is 0 Å². The Kier molecular flexibility index (Phi) is 9.83. The average Bonchev–Trinajstić information content (AvgIpc) is 2.76. The maximum absolute atomic E-state index is 12.9. The summed E-state index contributed by atoms with van der Waals surface area (Å²) in [6.07, 6.45) is 0.763. The van der Waals surface area contributed by atoms with Crippen LogP contribution in [0.1, 0.15) is 6.42 Å². The van der Waals surface area contributed by atoms with Crippen LogP contribution in [0.5, 0.6) is 11.5 Å². The summed E-state index contributed by atoms with van der Waals surface area (Å²) in [5.74, 6) is 1.79. The van der Waals surface area contributed by atoms with Gasteiger partial charge in [0, 0.05) is 27.2 Å². The molecule has 1 N–H and O–H groups in total. The number of guanidine groups is 1. The van der Waals surface area contributed by atoms with Gasteiger partial charge in [0.05, 0.1) is 12.2 Å². The van der Waals surface area contributed by atoms with Gasteiger partial charge in [-0.3, -0.25) is 9.79 Å². The Balaban J connectivity index is 0.00000341. The molecule has 0 unspecified atom stereocenters. The minimum absolute atomic E-state index is 0. The van der Waals surface area contributed by atoms with Crippen molar-refractivity contribution in [3.63, 3.8) is 0 Å². The van der Waals surface area contributed by atoms with Gasteiger partial charge in [-0.1, -0.05) is 12.1 Å². The third-order valence-electron chi connectivity index (χ3n) is 4.73. The van der Waals surface area contributed by atoms with Crippen molar-refractivity contribution in [1.82, 2.24) is 10.2 Å². The number of likely N-dealkylation sites (N-methyl/N-ethyl adjacent to an activating group) is 1. The first-order valence-electron chi connectivity index (χ1n) is 9.91. The molecule has 0 saturated heterocycles. The molecule has 9 heteroatoms. The Labute approximate surface area is 199 Å². The molecule has 3 rings (SSSR count). The van der Waals surface area contributed by atoms with Crippen molar-refractivity contribution in [3.05, 3.63) is 54.3 Å². The summed E-state index contributed by atoms with van der Waals surface area (Å²) in [5, 5.41) is 3.31. The standard InChI is InChI=1S/C22H27FN4O3.HI/c1-24-22(26(2)14-15-29-18-10-8-17(23)9-11-18)25-12-5-13-27-19-6-3-4-7-20(19)30-16-21(27)28;/h3-4,6-11H,5,12-16H2,1-2H3,(H,24,25);1H. The molecule has 7 nitrogen and oxygen atoms in total. The number of halogens is 2. The summed E-state index contributed by atoms with van der Waals surface area (Å²) < 4.78 is 24.0. The number of nitrogens with zero attached hydrogens (tertiary/aromatic N) is 3. The van der Waals surface area contributed by atoms with Crippen LogP contribution in [0.25, 0.3) is 0 Å². The highest BCUT2D eigenvalue weighted by Crippen LogP contribution is 2.31. The van der Waals surface area contributed by atoms with E-state index in [1.165, 1.54) is 12.1 Å². The van der Waals surface area contributed by atoms with Crippen LogP contribution in [0.2, 0.25) is 0 Å². The maximum Gasteiger partial charge on any atom is 0.265 e. The number of nitrogens with one attached hydrogen (secondary N) is 1. The van der Waals surface area contributed by atoms with Gasteiger partial charge < -0.3 is 24.6 Å². The number of anilines is 1. The second kappa shape index (κ2) is 12.3. The predicted molar refractivity (Wildman–Crippen MR) is 130 cm³/mol. The van der Waals surface area contributed by atoms with E-state index in [1.54, 1.807) is 24.1 Å². The molecule has 1 aliphatic rings. The lowest BCUT2D eigenvalue weighted by molar-refractivity contribution is -0.121. The molecule has 1 aliphatic heterocycles. The molecule has 0 aromatic heterocycles. The summed E-state index contributed by atoms with van der Waals surface area (Å²) in [5.41, 5.74) is 0.813. The van der Waals surface area contributed by atoms with Gasteiger partial charge in [-0.2, -0.15) is 0 Å². The molecule has 2 aromatic rings. The molecule has 0 radical (unpaired) electrons. The minimum Gasteiger partial charge on any atom is -0.492 e. The Morgan fingerprint density at radius 2 is 2.00 bits per heavy atom. The van der Waals surface area contributed by atoms with E-state index in [0.717, 1.165) is 23.8 Å². The summed E-state index contributed by atoms with van der Waals surface area (Å²) in [6, 6.07) is 13.5. The van der Waals surface area contributed by atoms with Crippen LogP contribution in [0.4, 0.5) is 10.1 Å². The second-order valence-corrected chi connectivity index (χ2v) is 6.85. The van der Waals surface area contributed by atoms with Crippen LogP contribution in [0.3, 0.4) is 0 Å². The van der Waals surface area contributed by atoms with Crippen LogP contribution in [-0.2, 0) is 4.79 Å². The first kappa shape index (κ1) is 24.7. The maximum atomic E-state index is 12.9. The molecule has 1 amide bonds. The highest BCUT2D eigenvalue weighted by molar-refractivity contribution is 14.0. The number of amides is 1. The van der Waals surface area contributed by atoms with Gasteiger partial charge in [0.25, 0.3) is 5.91 Å². The van der Waals surface area contributed by atoms with Gasteiger partial charge in [0.15, 0.2) is 12.6 Å². The van der Waals surface area contributed by atoms with Crippen LogP contribution < -0.4 is 19.7 Å². The number of para-hydroxylation sites is 2. The van der Waals surface area contributed by atoms with Crippen LogP contribution in [-0.4, -0.2) is 63.7 Å². The monoisotopic (exact) mass is 542 g/mol. The van der Waals surface area contributed by atoms with E-state index < -0.39 is 0 Å². The van der Waals surface area contributed by atoms with E-state index >= 15 is 0 Å². The normalized spacial score (nSPS) is 13.1. The largest absolute Gasteiger partial charge is 0.492 e. The SMILES string of the molecule is CN=C(NCCCN1C(=O)COc2ccccc21)N(C)CCOc1ccc(F)cc1.I. The zero-order valence-electron chi connectivity index (χ0n) is 17.7. The van der Waals surface area contributed by atoms with E-state index in [9.17, 15) is 9.18 Å². The van der Waals surface area contributed by atoms with Crippen molar-refractivity contribution in [3.8, 4) is 11.5 Å². The van der Waals surface area contributed by atoms with Gasteiger partial charge in [-0.05, 0) is 42.8 Å². The lowest BCUT2D eigenvalue weighted by Crippen LogP contribution is -2.43. The number of aliphatic imine (C=N–C) groups is 1. The Hall–Kier alpha value is -2.56. The minimum atomic E-state index is -0.286. The predicted octanol–water partition coefficient (Wildman–Crippen LogP) is 3.15. The first-order valence-corrected chi connectivity index (χ1v) is 9.91. The number of benzene rings is 2. The Bertz CT molecular complexity index is 879. The van der Waals surface area contributed by atoms with Gasteiger partial charge in [0.1, 0.15) is 23.9 Å².